The summed E-state index contributed by atoms with van der Waals surface area (Å²) in [4.78, 5) is 0. The second-order valence-corrected chi connectivity index (χ2v) is 8.02. The van der Waals surface area contributed by atoms with Crippen LogP contribution in [0.1, 0.15) is 26.7 Å². The van der Waals surface area contributed by atoms with E-state index in [1.54, 1.807) is 0 Å². The maximum Gasteiger partial charge on any atom is 0.00427 e. The van der Waals surface area contributed by atoms with E-state index in [4.69, 9.17) is 0 Å². The van der Waals surface area contributed by atoms with Crippen molar-refractivity contribution in [2.45, 2.75) is 26.7 Å². The van der Waals surface area contributed by atoms with E-state index < -0.39 is 0 Å². The van der Waals surface area contributed by atoms with E-state index in [1.807, 2.05) is 41.2 Å². The van der Waals surface area contributed by atoms with Gasteiger partial charge in [-0.05, 0) is 32.5 Å². The van der Waals surface area contributed by atoms with Crippen LogP contribution in [0.25, 0.3) is 0 Å². The van der Waals surface area contributed by atoms with Gasteiger partial charge in [-0.25, -0.2) is 0 Å². The largest absolute Gasteiger partial charge is 0.0817 e. The van der Waals surface area contributed by atoms with Gasteiger partial charge in [0.05, 0.1) is 0 Å². The number of hydrogen-bond donors (Lipinski definition) is 0. The van der Waals surface area contributed by atoms with E-state index in [-0.39, 0.29) is 11.0 Å². The van der Waals surface area contributed by atoms with Crippen LogP contribution in [0.2, 0.25) is 0 Å². The third-order valence-corrected chi connectivity index (χ3v) is 7.57. The molecule has 0 aliphatic heterocycles. The fourth-order valence-electron chi connectivity index (χ4n) is 0.274. The van der Waals surface area contributed by atoms with E-state index in [0.717, 1.165) is 0 Å². The lowest BCUT2D eigenvalue weighted by atomic mass is 10.6. The molecule has 0 fully saturated rings. The smallest absolute Gasteiger partial charge is 0.00427 e. The third kappa shape index (κ3) is 14.5. The van der Waals surface area contributed by atoms with Crippen LogP contribution in [-0.4, -0.2) is 22.5 Å². The predicted octanol–water partition coefficient (Wildman–Crippen LogP) is 4.10. The highest BCUT2D eigenvalue weighted by Crippen LogP contribution is 2.43. The summed E-state index contributed by atoms with van der Waals surface area (Å²) in [5, 5.41) is 0. The summed E-state index contributed by atoms with van der Waals surface area (Å²) < 4.78 is 0. The Hall–Kier alpha value is 1.62. The van der Waals surface area contributed by atoms with Crippen molar-refractivity contribution in [1.29, 1.82) is 0 Å². The summed E-state index contributed by atoms with van der Waals surface area (Å²) >= 11 is 0. The molecule has 0 unspecified atom stereocenters. The van der Waals surface area contributed by atoms with E-state index in [9.17, 15) is 0 Å². The van der Waals surface area contributed by atoms with E-state index >= 15 is 0 Å². The van der Waals surface area contributed by atoms with Gasteiger partial charge >= 0.3 is 0 Å². The van der Waals surface area contributed by atoms with Gasteiger partial charge in [0.1, 0.15) is 0 Å². The van der Waals surface area contributed by atoms with Crippen molar-refractivity contribution in [2.24, 2.45) is 0 Å². The standard InChI is InChI=1S/C6H14S4.Si/c1-3-5-7-9-10-8-6-4-2;/h3-6H2,1-2H3;. The summed E-state index contributed by atoms with van der Waals surface area (Å²) in [7, 11) is 7.75. The van der Waals surface area contributed by atoms with Gasteiger partial charge in [0.2, 0.25) is 0 Å². The topological polar surface area (TPSA) is 0 Å². The van der Waals surface area contributed by atoms with E-state index in [1.165, 1.54) is 24.3 Å². The predicted molar refractivity (Wildman–Crippen MR) is 66.4 cm³/mol. The Balaban J connectivity index is 0. The Morgan fingerprint density at radius 1 is 0.818 bits per heavy atom. The molecule has 0 aromatic rings. The lowest BCUT2D eigenvalue weighted by Crippen LogP contribution is -1.66. The molecule has 4 radical (unpaired) electrons. The van der Waals surface area contributed by atoms with Crippen molar-refractivity contribution in [1.82, 2.24) is 0 Å². The molecule has 0 bridgehead atoms. The lowest BCUT2D eigenvalue weighted by molar-refractivity contribution is 1.11. The maximum atomic E-state index is 2.22. The Bertz CT molecular complexity index is 54.5. The van der Waals surface area contributed by atoms with Crippen molar-refractivity contribution in [3.63, 3.8) is 0 Å². The third-order valence-electron chi connectivity index (χ3n) is 0.699. The Kier molecular flexibility index (Phi) is 19.4. The van der Waals surface area contributed by atoms with Gasteiger partial charge in [-0.15, -0.1) is 0 Å². The fraction of sp³-hybridized carbons (Fsp3) is 1.00. The molecule has 0 heterocycles. The molecule has 0 aliphatic carbocycles. The molecule has 0 rings (SSSR count). The highest BCUT2D eigenvalue weighted by atomic mass is 33.7. The zero-order chi connectivity index (χ0) is 7.66. The average molecular weight is 243 g/mol. The second-order valence-electron chi connectivity index (χ2n) is 1.78. The van der Waals surface area contributed by atoms with Crippen LogP contribution in [0.5, 0.6) is 0 Å². The number of rotatable bonds is 7. The summed E-state index contributed by atoms with van der Waals surface area (Å²) in [6.45, 7) is 4.44. The minimum Gasteiger partial charge on any atom is -0.0817 e. The molecule has 5 heteroatoms. The SMILES string of the molecule is CCCSSSSCCC.[Si]. The lowest BCUT2D eigenvalue weighted by Gasteiger charge is -1.95. The first-order valence-corrected chi connectivity index (χ1v) is 8.65. The highest BCUT2D eigenvalue weighted by Gasteiger charge is 1.89. The molecule has 0 amide bonds. The minimum atomic E-state index is 0. The van der Waals surface area contributed by atoms with Crippen LogP contribution in [0.3, 0.4) is 0 Å². The quantitative estimate of drug-likeness (QED) is 0.374. The first-order chi connectivity index (χ1) is 4.91. The zero-order valence-electron chi connectivity index (χ0n) is 6.96. The molecule has 0 aliphatic rings. The van der Waals surface area contributed by atoms with Crippen LogP contribution in [0.15, 0.2) is 0 Å². The van der Waals surface area contributed by atoms with Gasteiger partial charge in [0.25, 0.3) is 0 Å². The minimum absolute atomic E-state index is 0. The molecule has 0 nitrogen and oxygen atoms in total. The normalized spacial score (nSPS) is 9.27. The van der Waals surface area contributed by atoms with Gasteiger partial charge < -0.3 is 0 Å². The highest BCUT2D eigenvalue weighted by molar-refractivity contribution is 9.26. The summed E-state index contributed by atoms with van der Waals surface area (Å²) in [5.41, 5.74) is 0. The Morgan fingerprint density at radius 3 is 1.45 bits per heavy atom. The molecule has 0 aromatic carbocycles. The van der Waals surface area contributed by atoms with Crippen molar-refractivity contribution in [2.75, 3.05) is 11.5 Å². The first kappa shape index (κ1) is 15.1. The average Bonchev–Trinajstić information content (AvgIpc) is 1.97. The van der Waals surface area contributed by atoms with Crippen molar-refractivity contribution >= 4 is 52.2 Å². The maximum absolute atomic E-state index is 2.22. The summed E-state index contributed by atoms with van der Waals surface area (Å²) in [6, 6.07) is 0. The van der Waals surface area contributed by atoms with Gasteiger partial charge in [-0.2, -0.15) is 0 Å². The summed E-state index contributed by atoms with van der Waals surface area (Å²) in [6.07, 6.45) is 2.58. The van der Waals surface area contributed by atoms with Gasteiger partial charge in [0, 0.05) is 22.5 Å². The molecule has 0 aromatic heterocycles. The van der Waals surface area contributed by atoms with Gasteiger partial charge in [0.15, 0.2) is 0 Å². The molecule has 0 saturated carbocycles. The molecule has 0 spiro atoms. The zero-order valence-corrected chi connectivity index (χ0v) is 11.2. The first-order valence-electron chi connectivity index (χ1n) is 3.49. The van der Waals surface area contributed by atoms with Crippen LogP contribution in [0, 0.1) is 0 Å². The van der Waals surface area contributed by atoms with Crippen LogP contribution in [-0.2, 0) is 0 Å². The van der Waals surface area contributed by atoms with Crippen LogP contribution < -0.4 is 0 Å². The monoisotopic (exact) mass is 242 g/mol. The fourth-order valence-corrected chi connectivity index (χ4v) is 6.52. The molecular formula is C6H14S4Si. The number of hydrogen-bond acceptors (Lipinski definition) is 4. The van der Waals surface area contributed by atoms with Gasteiger partial charge in [-0.1, -0.05) is 35.4 Å². The summed E-state index contributed by atoms with van der Waals surface area (Å²) in [5.74, 6) is 2.56. The van der Waals surface area contributed by atoms with Crippen LogP contribution >= 0.6 is 41.2 Å². The molecular weight excluding hydrogens is 228 g/mol. The molecule has 0 N–H and O–H groups in total. The Labute approximate surface area is 90.0 Å². The Morgan fingerprint density at radius 2 is 1.18 bits per heavy atom. The molecule has 66 valence electrons. The van der Waals surface area contributed by atoms with Crippen LogP contribution in [0.4, 0.5) is 0 Å². The molecule has 0 atom stereocenters. The van der Waals surface area contributed by atoms with E-state index in [2.05, 4.69) is 13.8 Å². The van der Waals surface area contributed by atoms with Crippen molar-refractivity contribution < 1.29 is 0 Å². The van der Waals surface area contributed by atoms with Crippen molar-refractivity contribution in [3.8, 4) is 0 Å². The second kappa shape index (κ2) is 14.2. The molecule has 0 saturated heterocycles. The van der Waals surface area contributed by atoms with Crippen molar-refractivity contribution in [3.05, 3.63) is 0 Å². The van der Waals surface area contributed by atoms with Gasteiger partial charge in [-0.3, -0.25) is 0 Å². The molecule has 11 heavy (non-hydrogen) atoms. The van der Waals surface area contributed by atoms with E-state index in [0.29, 0.717) is 0 Å².